The van der Waals surface area contributed by atoms with Crippen LogP contribution in [0.15, 0.2) is 66.9 Å². The van der Waals surface area contributed by atoms with Gasteiger partial charge in [-0.15, -0.1) is 0 Å². The Labute approximate surface area is 160 Å². The van der Waals surface area contributed by atoms with Crippen LogP contribution < -0.4 is 0 Å². The largest absolute Gasteiger partial charge is 0.289 e. The van der Waals surface area contributed by atoms with Crippen molar-refractivity contribution in [1.82, 2.24) is 9.88 Å². The first kappa shape index (κ1) is 16.3. The van der Waals surface area contributed by atoms with Crippen molar-refractivity contribution >= 4 is 39.3 Å². The van der Waals surface area contributed by atoms with E-state index in [9.17, 15) is 14.4 Å². The molecule has 2 amide bonds. The molecule has 0 atom stereocenters. The zero-order valence-corrected chi connectivity index (χ0v) is 15.0. The van der Waals surface area contributed by atoms with Gasteiger partial charge < -0.3 is 0 Å². The van der Waals surface area contributed by atoms with Gasteiger partial charge in [-0.05, 0) is 17.5 Å². The average molecular weight is 366 g/mol. The minimum Gasteiger partial charge on any atom is -0.289 e. The van der Waals surface area contributed by atoms with Crippen LogP contribution in [0.3, 0.4) is 0 Å². The molecule has 134 valence electrons. The van der Waals surface area contributed by atoms with Crippen molar-refractivity contribution in [2.45, 2.75) is 0 Å². The summed E-state index contributed by atoms with van der Waals surface area (Å²) >= 11 is 0. The van der Waals surface area contributed by atoms with E-state index in [-0.39, 0.29) is 22.8 Å². The van der Waals surface area contributed by atoms with Gasteiger partial charge in [0, 0.05) is 35.1 Å². The fourth-order valence-corrected chi connectivity index (χ4v) is 3.90. The van der Waals surface area contributed by atoms with Crippen molar-refractivity contribution < 1.29 is 14.4 Å². The maximum Gasteiger partial charge on any atom is 0.261 e. The standard InChI is InChI=1S/C23H14N2O3/c1-25-22(27)16-10-5-9-14-15-11-6-12-24-20(15)19(18(17(14)16)23(25)28)21(26)13-7-3-2-4-8-13/h2-12H,1H3. The summed E-state index contributed by atoms with van der Waals surface area (Å²) in [6, 6.07) is 17.8. The van der Waals surface area contributed by atoms with Crippen LogP contribution in [-0.4, -0.2) is 34.5 Å². The van der Waals surface area contributed by atoms with Crippen LogP contribution in [-0.2, 0) is 0 Å². The number of nitrogens with zero attached hydrogens (tertiary/aromatic N) is 2. The molecule has 0 aliphatic carbocycles. The van der Waals surface area contributed by atoms with Gasteiger partial charge in [-0.2, -0.15) is 0 Å². The molecule has 0 bridgehead atoms. The number of amides is 2. The Morgan fingerprint density at radius 1 is 0.857 bits per heavy atom. The summed E-state index contributed by atoms with van der Waals surface area (Å²) in [5, 5.41) is 2.01. The lowest BCUT2D eigenvalue weighted by Crippen LogP contribution is -2.38. The lowest BCUT2D eigenvalue weighted by Gasteiger charge is -2.26. The summed E-state index contributed by atoms with van der Waals surface area (Å²) < 4.78 is 0. The van der Waals surface area contributed by atoms with Crippen molar-refractivity contribution in [3.63, 3.8) is 0 Å². The number of aromatic nitrogens is 1. The minimum atomic E-state index is -0.486. The Bertz CT molecular complexity index is 1330. The van der Waals surface area contributed by atoms with Crippen molar-refractivity contribution in [3.8, 4) is 0 Å². The molecule has 1 aliphatic heterocycles. The van der Waals surface area contributed by atoms with E-state index in [1.54, 1.807) is 48.7 Å². The lowest BCUT2D eigenvalue weighted by molar-refractivity contribution is 0.0648. The van der Waals surface area contributed by atoms with Crippen molar-refractivity contribution in [3.05, 3.63) is 89.1 Å². The number of imide groups is 1. The van der Waals surface area contributed by atoms with Gasteiger partial charge in [0.15, 0.2) is 5.78 Å². The van der Waals surface area contributed by atoms with Gasteiger partial charge in [0.2, 0.25) is 0 Å². The minimum absolute atomic E-state index is 0.242. The first-order chi connectivity index (χ1) is 13.6. The molecular formula is C23H14N2O3. The molecule has 0 spiro atoms. The Hall–Kier alpha value is -3.86. The number of carbonyl (C=O) groups excluding carboxylic acids is 3. The summed E-state index contributed by atoms with van der Waals surface area (Å²) in [5.74, 6) is -1.14. The fourth-order valence-electron chi connectivity index (χ4n) is 3.90. The number of pyridine rings is 1. The van der Waals surface area contributed by atoms with Gasteiger partial charge in [-0.1, -0.05) is 48.5 Å². The summed E-state index contributed by atoms with van der Waals surface area (Å²) in [6.07, 6.45) is 1.61. The molecular weight excluding hydrogens is 352 g/mol. The fraction of sp³-hybridized carbons (Fsp3) is 0.0435. The highest BCUT2D eigenvalue weighted by Gasteiger charge is 2.35. The Morgan fingerprint density at radius 3 is 2.39 bits per heavy atom. The molecule has 28 heavy (non-hydrogen) atoms. The predicted octanol–water partition coefficient (Wildman–Crippen LogP) is 3.84. The summed E-state index contributed by atoms with van der Waals surface area (Å²) in [4.78, 5) is 44.8. The molecule has 2 heterocycles. The maximum atomic E-state index is 13.5. The van der Waals surface area contributed by atoms with Gasteiger partial charge in [0.05, 0.1) is 16.6 Å². The molecule has 0 saturated heterocycles. The van der Waals surface area contributed by atoms with Crippen LogP contribution in [0.4, 0.5) is 0 Å². The third kappa shape index (κ3) is 2.07. The zero-order valence-electron chi connectivity index (χ0n) is 15.0. The van der Waals surface area contributed by atoms with E-state index >= 15 is 0 Å². The number of fused-ring (bicyclic) bond motifs is 2. The van der Waals surface area contributed by atoms with Crippen molar-refractivity contribution in [2.24, 2.45) is 0 Å². The van der Waals surface area contributed by atoms with Crippen molar-refractivity contribution in [1.29, 1.82) is 0 Å². The SMILES string of the molecule is CN1C(=O)c2cccc3c2c(c(C(=O)c2ccccc2)c2ncccc23)C1=O. The molecule has 0 fully saturated rings. The first-order valence-electron chi connectivity index (χ1n) is 8.85. The normalized spacial score (nSPS) is 13.4. The van der Waals surface area contributed by atoms with Crippen LogP contribution in [0, 0.1) is 0 Å². The summed E-state index contributed by atoms with van der Waals surface area (Å²) in [6.45, 7) is 0. The molecule has 3 aromatic carbocycles. The van der Waals surface area contributed by atoms with Gasteiger partial charge in [-0.25, -0.2) is 0 Å². The van der Waals surface area contributed by atoms with Gasteiger partial charge in [0.1, 0.15) is 0 Å². The van der Waals surface area contributed by atoms with Gasteiger partial charge in [0.25, 0.3) is 11.8 Å². The van der Waals surface area contributed by atoms with E-state index in [0.29, 0.717) is 22.0 Å². The van der Waals surface area contributed by atoms with Crippen LogP contribution in [0.5, 0.6) is 0 Å². The van der Waals surface area contributed by atoms with Crippen LogP contribution in [0.2, 0.25) is 0 Å². The van der Waals surface area contributed by atoms with E-state index < -0.39 is 5.91 Å². The number of benzene rings is 3. The molecule has 0 N–H and O–H groups in total. The topological polar surface area (TPSA) is 67.3 Å². The molecule has 5 heteroatoms. The number of carbonyl (C=O) groups is 3. The monoisotopic (exact) mass is 366 g/mol. The van der Waals surface area contributed by atoms with E-state index in [2.05, 4.69) is 4.98 Å². The molecule has 1 aromatic heterocycles. The lowest BCUT2D eigenvalue weighted by atomic mass is 9.85. The highest BCUT2D eigenvalue weighted by molar-refractivity contribution is 6.35. The third-order valence-corrected chi connectivity index (χ3v) is 5.22. The molecule has 5 rings (SSSR count). The van der Waals surface area contributed by atoms with Crippen LogP contribution in [0.1, 0.15) is 36.6 Å². The maximum absolute atomic E-state index is 13.5. The molecule has 0 radical (unpaired) electrons. The zero-order chi connectivity index (χ0) is 19.4. The Kier molecular flexibility index (Phi) is 3.39. The van der Waals surface area contributed by atoms with E-state index in [1.165, 1.54) is 7.05 Å². The Balaban J connectivity index is 2.02. The second-order valence-electron chi connectivity index (χ2n) is 6.74. The predicted molar refractivity (Wildman–Crippen MR) is 106 cm³/mol. The van der Waals surface area contributed by atoms with E-state index in [4.69, 9.17) is 0 Å². The second-order valence-corrected chi connectivity index (χ2v) is 6.74. The number of rotatable bonds is 2. The molecule has 0 unspecified atom stereocenters. The average Bonchev–Trinajstić information content (AvgIpc) is 2.75. The highest BCUT2D eigenvalue weighted by atomic mass is 16.2. The van der Waals surface area contributed by atoms with Crippen LogP contribution >= 0.6 is 0 Å². The highest BCUT2D eigenvalue weighted by Crippen LogP contribution is 2.38. The third-order valence-electron chi connectivity index (χ3n) is 5.22. The molecule has 0 saturated carbocycles. The quantitative estimate of drug-likeness (QED) is 0.307. The summed E-state index contributed by atoms with van der Waals surface area (Å²) in [5.41, 5.74) is 1.84. The van der Waals surface area contributed by atoms with E-state index in [0.717, 1.165) is 15.7 Å². The molecule has 5 nitrogen and oxygen atoms in total. The number of hydrogen-bond donors (Lipinski definition) is 0. The first-order valence-corrected chi connectivity index (χ1v) is 8.85. The number of hydrogen-bond acceptors (Lipinski definition) is 4. The van der Waals surface area contributed by atoms with Gasteiger partial charge >= 0.3 is 0 Å². The molecule has 4 aromatic rings. The van der Waals surface area contributed by atoms with Gasteiger partial charge in [-0.3, -0.25) is 24.3 Å². The van der Waals surface area contributed by atoms with E-state index in [1.807, 2.05) is 18.2 Å². The second kappa shape index (κ2) is 5.82. The number of ketones is 1. The van der Waals surface area contributed by atoms with Crippen molar-refractivity contribution in [2.75, 3.05) is 7.05 Å². The smallest absolute Gasteiger partial charge is 0.261 e. The summed E-state index contributed by atoms with van der Waals surface area (Å²) in [7, 11) is 1.44. The molecule has 1 aliphatic rings. The Morgan fingerprint density at radius 2 is 1.61 bits per heavy atom. The van der Waals surface area contributed by atoms with Crippen LogP contribution in [0.25, 0.3) is 21.7 Å².